The highest BCUT2D eigenvalue weighted by molar-refractivity contribution is 7.99. The van der Waals surface area contributed by atoms with Gasteiger partial charge in [0.1, 0.15) is 5.60 Å². The summed E-state index contributed by atoms with van der Waals surface area (Å²) in [4.78, 5) is 15.8. The molecule has 2 aromatic rings. The predicted octanol–water partition coefficient (Wildman–Crippen LogP) is 5.51. The number of carbonyl (C=O) groups is 1. The van der Waals surface area contributed by atoms with Crippen LogP contribution in [0.15, 0.2) is 53.6 Å². The van der Waals surface area contributed by atoms with E-state index < -0.39 is 11.7 Å². The molecule has 1 amide bonds. The van der Waals surface area contributed by atoms with Crippen LogP contribution in [-0.4, -0.2) is 22.4 Å². The van der Waals surface area contributed by atoms with E-state index in [4.69, 9.17) is 5.73 Å². The molecule has 0 fully saturated rings. The highest BCUT2D eigenvalue weighted by atomic mass is 32.2. The van der Waals surface area contributed by atoms with Gasteiger partial charge in [-0.25, -0.2) is 4.79 Å². The van der Waals surface area contributed by atoms with Crippen molar-refractivity contribution in [2.75, 3.05) is 5.75 Å². The number of nitrogens with two attached hydrogens (primary N) is 1. The van der Waals surface area contributed by atoms with Crippen molar-refractivity contribution in [3.63, 3.8) is 0 Å². The van der Waals surface area contributed by atoms with Crippen LogP contribution < -0.4 is 5.73 Å². The molecular weight excluding hydrogens is 364 g/mol. The average Bonchev–Trinajstić information content (AvgIpc) is 2.58. The quantitative estimate of drug-likeness (QED) is 0.657. The fourth-order valence-corrected chi connectivity index (χ4v) is 3.60. The summed E-state index contributed by atoms with van der Waals surface area (Å²) in [6.07, 6.45) is 1.16. The average molecular weight is 393 g/mol. The van der Waals surface area contributed by atoms with Gasteiger partial charge >= 0.3 is 6.09 Å². The molecule has 1 aromatic carbocycles. The van der Waals surface area contributed by atoms with E-state index in [-0.39, 0.29) is 0 Å². The first-order valence-electron chi connectivity index (χ1n) is 8.48. The first-order chi connectivity index (χ1) is 12.3. The number of rotatable bonds is 6. The maximum absolute atomic E-state index is 10.0. The van der Waals surface area contributed by atoms with Crippen LogP contribution in [0, 0.1) is 0 Å². The third-order valence-corrected chi connectivity index (χ3v) is 4.98. The Morgan fingerprint density at radius 1 is 1.12 bits per heavy atom. The zero-order chi connectivity index (χ0) is 19.4. The molecule has 0 saturated carbocycles. The number of pyridine rings is 1. The van der Waals surface area contributed by atoms with E-state index in [1.54, 1.807) is 20.8 Å². The van der Waals surface area contributed by atoms with Crippen molar-refractivity contribution >= 4 is 29.6 Å². The standard InChI is InChI=1S/C15H17NS2.C5H11NO2/c1-2-17-12-14-15(9-6-10-16-14)18-11-13-7-4-3-5-8-13;1-5(2,3)8-4(6)7/h3-10H,2,11-12H2,1H3;1-3H3,(H2,6,7). The Bertz CT molecular complexity index is 658. The van der Waals surface area contributed by atoms with Gasteiger partial charge in [-0.3, -0.25) is 4.98 Å². The lowest BCUT2D eigenvalue weighted by Gasteiger charge is -2.16. The van der Waals surface area contributed by atoms with Crippen LogP contribution in [0.5, 0.6) is 0 Å². The van der Waals surface area contributed by atoms with Gasteiger partial charge in [0.2, 0.25) is 0 Å². The Kier molecular flexibility index (Phi) is 10.2. The van der Waals surface area contributed by atoms with Gasteiger partial charge in [0, 0.05) is 22.6 Å². The first-order valence-corrected chi connectivity index (χ1v) is 10.6. The van der Waals surface area contributed by atoms with Crippen LogP contribution in [0.2, 0.25) is 0 Å². The summed E-state index contributed by atoms with van der Waals surface area (Å²) in [6.45, 7) is 7.47. The number of nitrogens with zero attached hydrogens (tertiary/aromatic N) is 1. The molecule has 0 aliphatic heterocycles. The van der Waals surface area contributed by atoms with Crippen LogP contribution in [0.3, 0.4) is 0 Å². The van der Waals surface area contributed by atoms with Crippen LogP contribution in [0.4, 0.5) is 4.79 Å². The molecule has 6 heteroatoms. The number of primary amides is 1. The fourth-order valence-electron chi connectivity index (χ4n) is 1.90. The number of hydrogen-bond acceptors (Lipinski definition) is 5. The maximum atomic E-state index is 10.0. The number of thioether (sulfide) groups is 2. The Morgan fingerprint density at radius 2 is 1.81 bits per heavy atom. The molecule has 0 spiro atoms. The Hall–Kier alpha value is -1.66. The third kappa shape index (κ3) is 10.4. The predicted molar refractivity (Wildman–Crippen MR) is 112 cm³/mol. The lowest BCUT2D eigenvalue weighted by atomic mass is 10.2. The van der Waals surface area contributed by atoms with E-state index in [0.29, 0.717) is 0 Å². The summed E-state index contributed by atoms with van der Waals surface area (Å²) in [6, 6.07) is 14.8. The molecule has 1 heterocycles. The zero-order valence-electron chi connectivity index (χ0n) is 15.9. The van der Waals surface area contributed by atoms with Crippen molar-refractivity contribution in [2.24, 2.45) is 5.73 Å². The van der Waals surface area contributed by atoms with Gasteiger partial charge in [-0.1, -0.05) is 37.3 Å². The number of hydrogen-bond donors (Lipinski definition) is 1. The second-order valence-electron chi connectivity index (χ2n) is 6.39. The van der Waals surface area contributed by atoms with Gasteiger partial charge in [-0.15, -0.1) is 11.8 Å². The molecule has 26 heavy (non-hydrogen) atoms. The molecule has 1 aromatic heterocycles. The van der Waals surface area contributed by atoms with Gasteiger partial charge in [-0.05, 0) is 44.2 Å². The highest BCUT2D eigenvalue weighted by Crippen LogP contribution is 2.27. The molecule has 2 rings (SSSR count). The number of ether oxygens (including phenoxy) is 1. The summed E-state index contributed by atoms with van der Waals surface area (Å²) >= 11 is 3.80. The number of benzene rings is 1. The van der Waals surface area contributed by atoms with Crippen molar-refractivity contribution in [2.45, 2.75) is 49.7 Å². The lowest BCUT2D eigenvalue weighted by Crippen LogP contribution is -2.27. The molecule has 142 valence electrons. The van der Waals surface area contributed by atoms with Crippen LogP contribution in [0.1, 0.15) is 39.0 Å². The fraction of sp³-hybridized carbons (Fsp3) is 0.400. The Morgan fingerprint density at radius 3 is 2.35 bits per heavy atom. The summed E-state index contributed by atoms with van der Waals surface area (Å²) in [5.74, 6) is 3.16. The largest absolute Gasteiger partial charge is 0.444 e. The monoisotopic (exact) mass is 392 g/mol. The van der Waals surface area contributed by atoms with Gasteiger partial charge in [-0.2, -0.15) is 11.8 Å². The molecule has 2 N–H and O–H groups in total. The molecule has 0 aliphatic carbocycles. The molecule has 0 aliphatic rings. The zero-order valence-corrected chi connectivity index (χ0v) is 17.5. The van der Waals surface area contributed by atoms with Gasteiger partial charge in [0.25, 0.3) is 0 Å². The molecule has 0 unspecified atom stereocenters. The van der Waals surface area contributed by atoms with Crippen molar-refractivity contribution in [3.05, 3.63) is 59.9 Å². The lowest BCUT2D eigenvalue weighted by molar-refractivity contribution is 0.0600. The third-order valence-electron chi connectivity index (χ3n) is 2.94. The van der Waals surface area contributed by atoms with Crippen LogP contribution in [0.25, 0.3) is 0 Å². The van der Waals surface area contributed by atoms with Gasteiger partial charge < -0.3 is 10.5 Å². The molecule has 0 atom stereocenters. The number of carbonyl (C=O) groups excluding carboxylic acids is 1. The highest BCUT2D eigenvalue weighted by Gasteiger charge is 2.12. The SMILES string of the molecule is CC(C)(C)OC(N)=O.CCSCc1ncccc1SCc1ccccc1. The minimum Gasteiger partial charge on any atom is -0.444 e. The van der Waals surface area contributed by atoms with Crippen LogP contribution >= 0.6 is 23.5 Å². The Balaban J connectivity index is 0.000000359. The molecule has 4 nitrogen and oxygen atoms in total. The molecular formula is C20H28N2O2S2. The summed E-state index contributed by atoms with van der Waals surface area (Å²) < 4.78 is 4.58. The van der Waals surface area contributed by atoms with Crippen molar-refractivity contribution in [3.8, 4) is 0 Å². The number of amides is 1. The Labute approximate surface area is 165 Å². The van der Waals surface area contributed by atoms with Gasteiger partial charge in [0.15, 0.2) is 0 Å². The maximum Gasteiger partial charge on any atom is 0.405 e. The van der Waals surface area contributed by atoms with Crippen molar-refractivity contribution < 1.29 is 9.53 Å². The summed E-state index contributed by atoms with van der Waals surface area (Å²) in [5.41, 5.74) is 6.84. The molecule has 0 radical (unpaired) electrons. The normalized spacial score (nSPS) is 10.6. The molecule has 0 saturated heterocycles. The van der Waals surface area contributed by atoms with E-state index in [2.05, 4.69) is 53.0 Å². The van der Waals surface area contributed by atoms with E-state index in [1.807, 2.05) is 35.8 Å². The smallest absolute Gasteiger partial charge is 0.405 e. The first kappa shape index (κ1) is 22.4. The van der Waals surface area contributed by atoms with E-state index >= 15 is 0 Å². The summed E-state index contributed by atoms with van der Waals surface area (Å²) in [7, 11) is 0. The minimum absolute atomic E-state index is 0.453. The minimum atomic E-state index is -0.725. The van der Waals surface area contributed by atoms with Gasteiger partial charge in [0.05, 0.1) is 5.69 Å². The van der Waals surface area contributed by atoms with E-state index in [1.165, 1.54) is 16.2 Å². The number of aromatic nitrogens is 1. The van der Waals surface area contributed by atoms with Crippen molar-refractivity contribution in [1.82, 2.24) is 4.98 Å². The second kappa shape index (κ2) is 11.9. The molecule has 0 bridgehead atoms. The van der Waals surface area contributed by atoms with E-state index in [0.717, 1.165) is 17.3 Å². The van der Waals surface area contributed by atoms with Crippen LogP contribution in [-0.2, 0) is 16.2 Å². The van der Waals surface area contributed by atoms with Crippen molar-refractivity contribution in [1.29, 1.82) is 0 Å². The second-order valence-corrected chi connectivity index (χ2v) is 8.68. The topological polar surface area (TPSA) is 65.2 Å². The summed E-state index contributed by atoms with van der Waals surface area (Å²) in [5, 5.41) is 0. The van der Waals surface area contributed by atoms with E-state index in [9.17, 15) is 4.79 Å².